The standard InChI is InChI=1S/C14H20N2O4S/c1-9-2-3-10(6-9)8-16-21(19,20)13-5-4-11(15)7-12(13)14(17)18/h4-5,7,9-10,16H,2-3,6,8,15H2,1H3,(H,17,18). The van der Waals surface area contributed by atoms with E-state index in [2.05, 4.69) is 11.6 Å². The molecule has 2 atom stereocenters. The van der Waals surface area contributed by atoms with Crippen LogP contribution < -0.4 is 10.5 Å². The van der Waals surface area contributed by atoms with E-state index in [9.17, 15) is 13.2 Å². The Balaban J connectivity index is 2.17. The van der Waals surface area contributed by atoms with Crippen LogP contribution in [0.1, 0.15) is 36.5 Å². The highest BCUT2D eigenvalue weighted by atomic mass is 32.2. The van der Waals surface area contributed by atoms with Crippen LogP contribution in [-0.2, 0) is 10.0 Å². The Labute approximate surface area is 124 Å². The minimum absolute atomic E-state index is 0.218. The maximum Gasteiger partial charge on any atom is 0.337 e. The maximum absolute atomic E-state index is 12.3. The van der Waals surface area contributed by atoms with Crippen LogP contribution in [0.3, 0.4) is 0 Å². The molecule has 0 amide bonds. The van der Waals surface area contributed by atoms with Gasteiger partial charge in [-0.1, -0.05) is 13.3 Å². The first-order valence-electron chi connectivity index (χ1n) is 6.92. The topological polar surface area (TPSA) is 109 Å². The van der Waals surface area contributed by atoms with Crippen molar-refractivity contribution in [3.63, 3.8) is 0 Å². The van der Waals surface area contributed by atoms with E-state index in [1.165, 1.54) is 12.1 Å². The zero-order valence-electron chi connectivity index (χ0n) is 11.9. The van der Waals surface area contributed by atoms with E-state index in [0.29, 0.717) is 18.4 Å². The lowest BCUT2D eigenvalue weighted by Gasteiger charge is -2.13. The van der Waals surface area contributed by atoms with Gasteiger partial charge in [0.25, 0.3) is 0 Å². The first-order chi connectivity index (χ1) is 9.79. The van der Waals surface area contributed by atoms with Gasteiger partial charge >= 0.3 is 5.97 Å². The minimum atomic E-state index is -3.84. The number of benzene rings is 1. The van der Waals surface area contributed by atoms with Gasteiger partial charge in [-0.25, -0.2) is 17.9 Å². The quantitative estimate of drug-likeness (QED) is 0.717. The van der Waals surface area contributed by atoms with Gasteiger partial charge in [0.1, 0.15) is 0 Å². The van der Waals surface area contributed by atoms with E-state index in [1.54, 1.807) is 0 Å². The summed E-state index contributed by atoms with van der Waals surface area (Å²) < 4.78 is 27.1. The van der Waals surface area contributed by atoms with Crippen LogP contribution in [0.15, 0.2) is 23.1 Å². The molecule has 0 aromatic heterocycles. The van der Waals surface area contributed by atoms with Crippen LogP contribution in [0.2, 0.25) is 0 Å². The summed E-state index contributed by atoms with van der Waals surface area (Å²) in [7, 11) is -3.84. The highest BCUT2D eigenvalue weighted by Gasteiger charge is 2.26. The highest BCUT2D eigenvalue weighted by Crippen LogP contribution is 2.30. The molecule has 21 heavy (non-hydrogen) atoms. The number of nitrogen functional groups attached to an aromatic ring is 1. The van der Waals surface area contributed by atoms with Crippen LogP contribution in [0.5, 0.6) is 0 Å². The molecule has 0 bridgehead atoms. The molecular weight excluding hydrogens is 292 g/mol. The predicted octanol–water partition coefficient (Wildman–Crippen LogP) is 1.68. The van der Waals surface area contributed by atoms with Gasteiger partial charge in [-0.3, -0.25) is 0 Å². The monoisotopic (exact) mass is 312 g/mol. The summed E-state index contributed by atoms with van der Waals surface area (Å²) in [6.45, 7) is 2.49. The van der Waals surface area contributed by atoms with E-state index >= 15 is 0 Å². The number of nitrogens with one attached hydrogen (secondary N) is 1. The average molecular weight is 312 g/mol. The van der Waals surface area contributed by atoms with Crippen molar-refractivity contribution in [3.8, 4) is 0 Å². The summed E-state index contributed by atoms with van der Waals surface area (Å²) in [4.78, 5) is 10.9. The normalized spacial score (nSPS) is 22.3. The van der Waals surface area contributed by atoms with Crippen LogP contribution in [0.4, 0.5) is 5.69 Å². The molecule has 0 saturated heterocycles. The third-order valence-electron chi connectivity index (χ3n) is 3.89. The number of carboxylic acids is 1. The average Bonchev–Trinajstić information content (AvgIpc) is 2.82. The van der Waals surface area contributed by atoms with Crippen molar-refractivity contribution in [2.24, 2.45) is 11.8 Å². The lowest BCUT2D eigenvalue weighted by molar-refractivity contribution is 0.0692. The van der Waals surface area contributed by atoms with Crippen LogP contribution in [0, 0.1) is 11.8 Å². The van der Waals surface area contributed by atoms with Crippen molar-refractivity contribution in [2.75, 3.05) is 12.3 Å². The number of hydrogen-bond acceptors (Lipinski definition) is 4. The smallest absolute Gasteiger partial charge is 0.337 e. The van der Waals surface area contributed by atoms with E-state index < -0.39 is 16.0 Å². The van der Waals surface area contributed by atoms with Crippen molar-refractivity contribution in [3.05, 3.63) is 23.8 Å². The fraction of sp³-hybridized carbons (Fsp3) is 0.500. The van der Waals surface area contributed by atoms with Gasteiger partial charge in [0, 0.05) is 12.2 Å². The molecule has 2 unspecified atom stereocenters. The summed E-state index contributed by atoms with van der Waals surface area (Å²) in [5, 5.41) is 9.12. The first-order valence-corrected chi connectivity index (χ1v) is 8.40. The molecule has 1 aliphatic carbocycles. The molecule has 0 heterocycles. The van der Waals surface area contributed by atoms with Gasteiger partial charge < -0.3 is 10.8 Å². The zero-order chi connectivity index (χ0) is 15.6. The molecule has 0 spiro atoms. The summed E-state index contributed by atoms with van der Waals surface area (Å²) in [5.41, 5.74) is 5.43. The van der Waals surface area contributed by atoms with E-state index in [-0.39, 0.29) is 16.1 Å². The maximum atomic E-state index is 12.3. The second kappa shape index (κ2) is 6.03. The molecule has 7 heteroatoms. The summed E-state index contributed by atoms with van der Waals surface area (Å²) in [6, 6.07) is 3.78. The molecule has 2 rings (SSSR count). The Kier molecular flexibility index (Phi) is 4.53. The van der Waals surface area contributed by atoms with Crippen LogP contribution in [-0.4, -0.2) is 26.0 Å². The molecule has 1 saturated carbocycles. The highest BCUT2D eigenvalue weighted by molar-refractivity contribution is 7.89. The number of rotatable bonds is 5. The minimum Gasteiger partial charge on any atom is -0.478 e. The van der Waals surface area contributed by atoms with Crippen LogP contribution in [0.25, 0.3) is 0 Å². The van der Waals surface area contributed by atoms with Crippen molar-refractivity contribution >= 4 is 21.7 Å². The number of carbonyl (C=O) groups is 1. The fourth-order valence-electron chi connectivity index (χ4n) is 2.76. The molecule has 0 aliphatic heterocycles. The number of anilines is 1. The van der Waals surface area contributed by atoms with Crippen molar-refractivity contribution in [1.29, 1.82) is 0 Å². The summed E-state index contributed by atoms with van der Waals surface area (Å²) in [5.74, 6) is -0.375. The SMILES string of the molecule is CC1CCC(CNS(=O)(=O)c2ccc(N)cc2C(=O)O)C1. The Morgan fingerprint density at radius 3 is 2.71 bits per heavy atom. The Bertz CT molecular complexity index is 642. The zero-order valence-corrected chi connectivity index (χ0v) is 12.7. The number of sulfonamides is 1. The largest absolute Gasteiger partial charge is 0.478 e. The van der Waals surface area contributed by atoms with Gasteiger partial charge in [-0.2, -0.15) is 0 Å². The molecule has 1 aromatic carbocycles. The van der Waals surface area contributed by atoms with E-state index in [4.69, 9.17) is 10.8 Å². The summed E-state index contributed by atoms with van der Waals surface area (Å²) >= 11 is 0. The van der Waals surface area contributed by atoms with Crippen molar-refractivity contribution < 1.29 is 18.3 Å². The van der Waals surface area contributed by atoms with E-state index in [0.717, 1.165) is 25.3 Å². The molecular formula is C14H20N2O4S. The van der Waals surface area contributed by atoms with Crippen molar-refractivity contribution in [2.45, 2.75) is 31.1 Å². The number of nitrogens with two attached hydrogens (primary N) is 1. The Morgan fingerprint density at radius 1 is 1.43 bits per heavy atom. The molecule has 1 fully saturated rings. The van der Waals surface area contributed by atoms with Crippen LogP contribution >= 0.6 is 0 Å². The number of aromatic carboxylic acids is 1. The first kappa shape index (κ1) is 15.8. The number of hydrogen-bond donors (Lipinski definition) is 3. The van der Waals surface area contributed by atoms with Crippen molar-refractivity contribution in [1.82, 2.24) is 4.72 Å². The van der Waals surface area contributed by atoms with Gasteiger partial charge in [0.2, 0.25) is 10.0 Å². The molecule has 4 N–H and O–H groups in total. The molecule has 116 valence electrons. The fourth-order valence-corrected chi connectivity index (χ4v) is 4.06. The third kappa shape index (κ3) is 3.74. The van der Waals surface area contributed by atoms with Gasteiger partial charge in [0.05, 0.1) is 10.5 Å². The second-order valence-electron chi connectivity index (χ2n) is 5.70. The van der Waals surface area contributed by atoms with Gasteiger partial charge in [-0.15, -0.1) is 0 Å². The molecule has 6 nitrogen and oxygen atoms in total. The lowest BCUT2D eigenvalue weighted by atomic mass is 10.1. The third-order valence-corrected chi connectivity index (χ3v) is 5.37. The Hall–Kier alpha value is -1.60. The number of carboxylic acid groups (broad SMARTS) is 1. The van der Waals surface area contributed by atoms with Gasteiger partial charge in [0.15, 0.2) is 0 Å². The van der Waals surface area contributed by atoms with Gasteiger partial charge in [-0.05, 0) is 42.9 Å². The Morgan fingerprint density at radius 2 is 2.14 bits per heavy atom. The molecule has 0 radical (unpaired) electrons. The molecule has 1 aromatic rings. The lowest BCUT2D eigenvalue weighted by Crippen LogP contribution is -2.30. The second-order valence-corrected chi connectivity index (χ2v) is 7.43. The summed E-state index contributed by atoms with van der Waals surface area (Å²) in [6.07, 6.45) is 3.10. The predicted molar refractivity (Wildman–Crippen MR) is 79.5 cm³/mol. The van der Waals surface area contributed by atoms with E-state index in [1.807, 2.05) is 0 Å². The molecule has 1 aliphatic rings.